The third-order valence-corrected chi connectivity index (χ3v) is 6.62. The van der Waals surface area contributed by atoms with E-state index in [2.05, 4.69) is 19.8 Å². The van der Waals surface area contributed by atoms with Gasteiger partial charge in [-0.05, 0) is 66.4 Å². The second-order valence-electron chi connectivity index (χ2n) is 10.0. The lowest BCUT2D eigenvalue weighted by molar-refractivity contribution is -0.275. The Bertz CT molecular complexity index is 1470. The Labute approximate surface area is 242 Å². The van der Waals surface area contributed by atoms with Crippen molar-refractivity contribution in [2.75, 3.05) is 11.9 Å². The second-order valence-corrected chi connectivity index (χ2v) is 10.0. The van der Waals surface area contributed by atoms with Crippen molar-refractivity contribution < 1.29 is 44.6 Å². The lowest BCUT2D eigenvalue weighted by atomic mass is 9.70. The van der Waals surface area contributed by atoms with Crippen molar-refractivity contribution >= 4 is 5.82 Å². The fourth-order valence-electron chi connectivity index (χ4n) is 4.82. The first-order valence-corrected chi connectivity index (χ1v) is 12.9. The first kappa shape index (κ1) is 31.6. The smallest absolute Gasteiger partial charge is 0.406 e. The Hall–Kier alpha value is -4.35. The number of aryl methyl sites for hydroxylation is 1. The van der Waals surface area contributed by atoms with Crippen molar-refractivity contribution in [1.82, 2.24) is 4.98 Å². The normalized spacial score (nSPS) is 12.6. The predicted molar refractivity (Wildman–Crippen MR) is 144 cm³/mol. The summed E-state index contributed by atoms with van der Waals surface area (Å²) in [6.07, 6.45) is -9.95. The van der Waals surface area contributed by atoms with Gasteiger partial charge in [0.25, 0.3) is 5.92 Å². The third-order valence-electron chi connectivity index (χ3n) is 6.62. The van der Waals surface area contributed by atoms with Crippen molar-refractivity contribution in [2.45, 2.75) is 44.3 Å². The monoisotopic (exact) mass is 610 g/mol. The van der Waals surface area contributed by atoms with Gasteiger partial charge in [-0.1, -0.05) is 54.6 Å². The zero-order valence-electron chi connectivity index (χ0n) is 22.9. The third kappa shape index (κ3) is 8.59. The zero-order chi connectivity index (χ0) is 31.5. The van der Waals surface area contributed by atoms with Crippen LogP contribution in [0.3, 0.4) is 0 Å². The van der Waals surface area contributed by atoms with Crippen molar-refractivity contribution in [3.05, 3.63) is 119 Å². The van der Waals surface area contributed by atoms with E-state index in [0.29, 0.717) is 5.56 Å². The number of rotatable bonds is 10. The lowest BCUT2D eigenvalue weighted by Crippen LogP contribution is -2.38. The van der Waals surface area contributed by atoms with Crippen LogP contribution in [0.15, 0.2) is 91.0 Å². The van der Waals surface area contributed by atoms with Gasteiger partial charge in [-0.15, -0.1) is 26.3 Å². The molecule has 0 aliphatic carbocycles. The van der Waals surface area contributed by atoms with Gasteiger partial charge in [-0.25, -0.2) is 13.8 Å². The fraction of sp³-hybridized carbons (Fsp3) is 0.258. The van der Waals surface area contributed by atoms with Gasteiger partial charge in [0.15, 0.2) is 0 Å². The van der Waals surface area contributed by atoms with E-state index in [1.165, 1.54) is 37.3 Å². The summed E-state index contributed by atoms with van der Waals surface area (Å²) in [7, 11) is 0. The number of halogens is 8. The first-order valence-electron chi connectivity index (χ1n) is 12.9. The van der Waals surface area contributed by atoms with Gasteiger partial charge in [0, 0.05) is 30.1 Å². The van der Waals surface area contributed by atoms with E-state index in [1.54, 1.807) is 30.3 Å². The molecule has 0 aliphatic rings. The summed E-state index contributed by atoms with van der Waals surface area (Å²) < 4.78 is 116. The molecular formula is C31H26F8N2O2. The van der Waals surface area contributed by atoms with E-state index >= 15 is 0 Å². The molecule has 43 heavy (non-hydrogen) atoms. The van der Waals surface area contributed by atoms with Crippen LogP contribution in [0.4, 0.5) is 40.9 Å². The molecule has 0 spiro atoms. The van der Waals surface area contributed by atoms with Crippen molar-refractivity contribution in [1.29, 1.82) is 0 Å². The van der Waals surface area contributed by atoms with Gasteiger partial charge in [-0.3, -0.25) is 0 Å². The molecular weight excluding hydrogens is 584 g/mol. The largest absolute Gasteiger partial charge is 0.573 e. The van der Waals surface area contributed by atoms with Crippen molar-refractivity contribution in [2.24, 2.45) is 0 Å². The van der Waals surface area contributed by atoms with E-state index in [1.807, 2.05) is 0 Å². The van der Waals surface area contributed by atoms with Crippen LogP contribution < -0.4 is 14.8 Å². The quantitative estimate of drug-likeness (QED) is 0.182. The average molecular weight is 611 g/mol. The molecule has 1 aromatic heterocycles. The highest BCUT2D eigenvalue weighted by Crippen LogP contribution is 2.40. The molecule has 12 heteroatoms. The number of hydrogen-bond acceptors (Lipinski definition) is 4. The molecule has 0 aliphatic heterocycles. The molecule has 0 atom stereocenters. The maximum atomic E-state index is 14.2. The standard InChI is InChI=1S/C31H26F8N2O2/c1-20-14-24(28(2,32)33)17-27(41-20)40-19-29(18-21-8-4-3-5-9-21,22-10-6-12-25(15-22)42-30(34,35)36)23-11-7-13-26(16-23)43-31(37,38)39/h3-17H,18-19H2,1-2H3,(H,40,41). The van der Waals surface area contributed by atoms with Crippen LogP contribution >= 0.6 is 0 Å². The van der Waals surface area contributed by atoms with E-state index < -0.39 is 35.6 Å². The Balaban J connectivity index is 1.92. The summed E-state index contributed by atoms with van der Waals surface area (Å²) >= 11 is 0. The van der Waals surface area contributed by atoms with Crippen LogP contribution in [0.2, 0.25) is 0 Å². The maximum absolute atomic E-state index is 14.2. The maximum Gasteiger partial charge on any atom is 0.573 e. The predicted octanol–water partition coefficient (Wildman–Crippen LogP) is 8.94. The number of aromatic nitrogens is 1. The van der Waals surface area contributed by atoms with Crippen LogP contribution in [-0.4, -0.2) is 24.3 Å². The molecule has 0 saturated heterocycles. The number of ether oxygens (including phenoxy) is 2. The van der Waals surface area contributed by atoms with Gasteiger partial charge >= 0.3 is 12.7 Å². The summed E-state index contributed by atoms with van der Waals surface area (Å²) in [4.78, 5) is 4.29. The molecule has 4 rings (SSSR count). The number of pyridine rings is 1. The van der Waals surface area contributed by atoms with Crippen molar-refractivity contribution in [3.63, 3.8) is 0 Å². The number of nitrogens with one attached hydrogen (secondary N) is 1. The minimum atomic E-state index is -5.01. The van der Waals surface area contributed by atoms with Crippen LogP contribution in [0.1, 0.15) is 34.9 Å². The first-order chi connectivity index (χ1) is 20.0. The lowest BCUT2D eigenvalue weighted by Gasteiger charge is -2.36. The molecule has 4 aromatic rings. The number of nitrogens with zero attached hydrogens (tertiary/aromatic N) is 1. The zero-order valence-corrected chi connectivity index (χ0v) is 22.9. The van der Waals surface area contributed by atoms with Crippen LogP contribution in [0.5, 0.6) is 11.5 Å². The summed E-state index contributed by atoms with van der Waals surface area (Å²) in [5.41, 5.74) is -0.274. The molecule has 0 fully saturated rings. The summed E-state index contributed by atoms with van der Waals surface area (Å²) in [6, 6.07) is 21.2. The Morgan fingerprint density at radius 2 is 1.19 bits per heavy atom. The van der Waals surface area contributed by atoms with E-state index in [4.69, 9.17) is 0 Å². The molecule has 1 heterocycles. The van der Waals surface area contributed by atoms with Gasteiger partial charge in [0.05, 0.1) is 0 Å². The molecule has 0 bridgehead atoms. The fourth-order valence-corrected chi connectivity index (χ4v) is 4.82. The molecule has 0 amide bonds. The van der Waals surface area contributed by atoms with Crippen LogP contribution in [0.25, 0.3) is 0 Å². The summed E-state index contributed by atoms with van der Waals surface area (Å²) in [5.74, 6) is -4.25. The highest BCUT2D eigenvalue weighted by atomic mass is 19.4. The highest BCUT2D eigenvalue weighted by Gasteiger charge is 2.38. The number of benzene rings is 3. The minimum Gasteiger partial charge on any atom is -0.406 e. The van der Waals surface area contributed by atoms with Crippen LogP contribution in [-0.2, 0) is 17.8 Å². The molecule has 0 radical (unpaired) electrons. The molecule has 1 N–H and O–H groups in total. The number of alkyl halides is 8. The molecule has 0 unspecified atom stereocenters. The van der Waals surface area contributed by atoms with Gasteiger partial charge in [0.2, 0.25) is 0 Å². The molecule has 4 nitrogen and oxygen atoms in total. The summed E-state index contributed by atoms with van der Waals surface area (Å²) in [5, 5.41) is 3.02. The summed E-state index contributed by atoms with van der Waals surface area (Å²) in [6.45, 7) is 2.06. The van der Waals surface area contributed by atoms with E-state index in [0.717, 1.165) is 37.3 Å². The average Bonchev–Trinajstić information content (AvgIpc) is 2.89. The van der Waals surface area contributed by atoms with Gasteiger partial charge < -0.3 is 14.8 Å². The molecule has 3 aromatic carbocycles. The topological polar surface area (TPSA) is 43.4 Å². The Kier molecular flexibility index (Phi) is 8.89. The minimum absolute atomic E-state index is 0.0411. The van der Waals surface area contributed by atoms with E-state index in [9.17, 15) is 35.1 Å². The SMILES string of the molecule is Cc1cc(C(C)(F)F)cc(NCC(Cc2ccccc2)(c2cccc(OC(F)(F)F)c2)c2cccc(OC(F)(F)F)c2)n1. The Morgan fingerprint density at radius 1 is 0.651 bits per heavy atom. The number of anilines is 1. The van der Waals surface area contributed by atoms with E-state index in [-0.39, 0.29) is 41.2 Å². The Morgan fingerprint density at radius 3 is 1.67 bits per heavy atom. The van der Waals surface area contributed by atoms with Crippen molar-refractivity contribution in [3.8, 4) is 11.5 Å². The second kappa shape index (κ2) is 12.1. The van der Waals surface area contributed by atoms with Gasteiger partial charge in [0.1, 0.15) is 17.3 Å². The number of hydrogen-bond donors (Lipinski definition) is 1. The van der Waals surface area contributed by atoms with Gasteiger partial charge in [-0.2, -0.15) is 0 Å². The molecule has 228 valence electrons. The van der Waals surface area contributed by atoms with Crippen LogP contribution in [0, 0.1) is 6.92 Å². The molecule has 0 saturated carbocycles. The highest BCUT2D eigenvalue weighted by molar-refractivity contribution is 5.50.